The second-order valence-corrected chi connectivity index (χ2v) is 6.52. The van der Waals surface area contributed by atoms with Crippen LogP contribution in [0.25, 0.3) is 0 Å². The molecule has 0 aromatic heterocycles. The molecule has 3 amide bonds. The molecule has 1 heterocycles. The highest BCUT2D eigenvalue weighted by Gasteiger charge is 2.20. The monoisotopic (exact) mass is 369 g/mol. The van der Waals surface area contributed by atoms with Crippen molar-refractivity contribution in [2.24, 2.45) is 5.73 Å². The third kappa shape index (κ3) is 4.69. The Morgan fingerprint density at radius 2 is 1.93 bits per heavy atom. The first-order chi connectivity index (χ1) is 12.9. The van der Waals surface area contributed by atoms with Gasteiger partial charge in [-0.2, -0.15) is 0 Å². The number of rotatable bonds is 7. The number of anilines is 1. The summed E-state index contributed by atoms with van der Waals surface area (Å²) in [5.41, 5.74) is 8.64. The largest absolute Gasteiger partial charge is 0.368 e. The van der Waals surface area contributed by atoms with Crippen LogP contribution in [0.1, 0.15) is 35.6 Å². The molecule has 0 saturated heterocycles. The summed E-state index contributed by atoms with van der Waals surface area (Å²) in [5.74, 6) is -1.45. The van der Waals surface area contributed by atoms with Gasteiger partial charge in [-0.1, -0.05) is 24.3 Å². The Kier molecular flexibility index (Phi) is 5.49. The fourth-order valence-corrected chi connectivity index (χ4v) is 3.10. The number of hydrogen-bond acceptors (Lipinski definition) is 3. The smallest absolute Gasteiger partial charge is 0.244 e. The number of nitrogens with two attached hydrogens (primary N) is 1. The van der Waals surface area contributed by atoms with Crippen LogP contribution in [-0.2, 0) is 27.2 Å². The van der Waals surface area contributed by atoms with Gasteiger partial charge in [0.2, 0.25) is 17.7 Å². The molecule has 4 N–H and O–H groups in total. The van der Waals surface area contributed by atoms with E-state index in [2.05, 4.69) is 10.6 Å². The molecule has 1 aliphatic heterocycles. The molecule has 27 heavy (non-hydrogen) atoms. The van der Waals surface area contributed by atoms with Gasteiger partial charge in [0.15, 0.2) is 0 Å². The van der Waals surface area contributed by atoms with Crippen molar-refractivity contribution in [2.45, 2.75) is 31.7 Å². The first kappa shape index (κ1) is 18.6. The Balaban J connectivity index is 1.53. The van der Waals surface area contributed by atoms with Crippen LogP contribution in [0.4, 0.5) is 10.1 Å². The third-order valence-electron chi connectivity index (χ3n) is 4.46. The van der Waals surface area contributed by atoms with E-state index in [1.54, 1.807) is 0 Å². The Hall–Kier alpha value is -3.22. The summed E-state index contributed by atoms with van der Waals surface area (Å²) >= 11 is 0. The number of carbonyl (C=O) groups excluding carboxylic acids is 3. The highest BCUT2D eigenvalue weighted by Crippen LogP contribution is 2.24. The number of primary amides is 1. The fourth-order valence-electron chi connectivity index (χ4n) is 3.10. The average molecular weight is 369 g/mol. The second-order valence-electron chi connectivity index (χ2n) is 6.52. The van der Waals surface area contributed by atoms with Gasteiger partial charge in [-0.25, -0.2) is 4.39 Å². The van der Waals surface area contributed by atoms with E-state index in [0.29, 0.717) is 24.8 Å². The van der Waals surface area contributed by atoms with Gasteiger partial charge < -0.3 is 16.4 Å². The standard InChI is InChI=1S/C20H20FN3O3/c21-15-7-5-13(6-8-15)19(20(22)27)24-17(25)3-1-2-12-4-9-16-14(10-12)11-18(26)23-16/h4-10,19H,1-3,11H2,(H2,22,27)(H,23,26)(H,24,25). The Morgan fingerprint density at radius 3 is 2.63 bits per heavy atom. The second kappa shape index (κ2) is 7.99. The predicted octanol–water partition coefficient (Wildman–Crippen LogP) is 1.99. The summed E-state index contributed by atoms with van der Waals surface area (Å²) in [7, 11) is 0. The molecule has 1 unspecified atom stereocenters. The fraction of sp³-hybridized carbons (Fsp3) is 0.250. The molecular weight excluding hydrogens is 349 g/mol. The molecule has 1 aliphatic rings. The van der Waals surface area contributed by atoms with Gasteiger partial charge in [0.05, 0.1) is 6.42 Å². The molecule has 140 valence electrons. The van der Waals surface area contributed by atoms with Crippen molar-refractivity contribution in [3.05, 3.63) is 65.0 Å². The molecule has 2 aromatic rings. The van der Waals surface area contributed by atoms with E-state index in [0.717, 1.165) is 16.8 Å². The van der Waals surface area contributed by atoms with Crippen molar-refractivity contribution in [3.63, 3.8) is 0 Å². The number of hydrogen-bond donors (Lipinski definition) is 3. The van der Waals surface area contributed by atoms with Gasteiger partial charge in [0, 0.05) is 12.1 Å². The number of benzene rings is 2. The van der Waals surface area contributed by atoms with E-state index in [1.807, 2.05) is 18.2 Å². The average Bonchev–Trinajstić information content (AvgIpc) is 2.99. The number of fused-ring (bicyclic) bond motifs is 1. The lowest BCUT2D eigenvalue weighted by molar-refractivity contribution is -0.127. The van der Waals surface area contributed by atoms with Crippen molar-refractivity contribution in [3.8, 4) is 0 Å². The zero-order valence-electron chi connectivity index (χ0n) is 14.6. The quantitative estimate of drug-likeness (QED) is 0.696. The molecular formula is C20H20FN3O3. The zero-order valence-corrected chi connectivity index (χ0v) is 14.6. The molecule has 1 atom stereocenters. The van der Waals surface area contributed by atoms with Crippen LogP contribution in [-0.4, -0.2) is 17.7 Å². The van der Waals surface area contributed by atoms with E-state index in [4.69, 9.17) is 5.73 Å². The van der Waals surface area contributed by atoms with Crippen LogP contribution in [0.3, 0.4) is 0 Å². The summed E-state index contributed by atoms with van der Waals surface area (Å²) in [6.07, 6.45) is 1.86. The van der Waals surface area contributed by atoms with Gasteiger partial charge in [-0.05, 0) is 47.7 Å². The number of aryl methyl sites for hydroxylation is 1. The molecule has 0 spiro atoms. The van der Waals surface area contributed by atoms with Gasteiger partial charge in [-0.3, -0.25) is 14.4 Å². The molecule has 6 nitrogen and oxygen atoms in total. The first-order valence-electron chi connectivity index (χ1n) is 8.68. The third-order valence-corrected chi connectivity index (χ3v) is 4.46. The lowest BCUT2D eigenvalue weighted by atomic mass is 10.0. The molecule has 2 aromatic carbocycles. The highest BCUT2D eigenvalue weighted by atomic mass is 19.1. The Morgan fingerprint density at radius 1 is 1.19 bits per heavy atom. The molecule has 0 saturated carbocycles. The molecule has 0 radical (unpaired) electrons. The first-order valence-corrected chi connectivity index (χ1v) is 8.68. The van der Waals surface area contributed by atoms with Crippen LogP contribution in [0.5, 0.6) is 0 Å². The van der Waals surface area contributed by atoms with Crippen molar-refractivity contribution in [1.29, 1.82) is 0 Å². The summed E-state index contributed by atoms with van der Waals surface area (Å²) < 4.78 is 13.0. The maximum atomic E-state index is 13.0. The lowest BCUT2D eigenvalue weighted by Crippen LogP contribution is -2.37. The summed E-state index contributed by atoms with van der Waals surface area (Å²) in [5, 5.41) is 5.38. The number of nitrogens with one attached hydrogen (secondary N) is 2. The van der Waals surface area contributed by atoms with Crippen molar-refractivity contribution >= 4 is 23.4 Å². The van der Waals surface area contributed by atoms with Crippen LogP contribution < -0.4 is 16.4 Å². The summed E-state index contributed by atoms with van der Waals surface area (Å²) in [4.78, 5) is 35.2. The van der Waals surface area contributed by atoms with Crippen LogP contribution in [0.15, 0.2) is 42.5 Å². The molecule has 0 aliphatic carbocycles. The molecule has 0 bridgehead atoms. The minimum absolute atomic E-state index is 0.0141. The van der Waals surface area contributed by atoms with Crippen molar-refractivity contribution < 1.29 is 18.8 Å². The Bertz CT molecular complexity index is 881. The van der Waals surface area contributed by atoms with Crippen molar-refractivity contribution in [2.75, 3.05) is 5.32 Å². The number of carbonyl (C=O) groups is 3. The van der Waals surface area contributed by atoms with Crippen molar-refractivity contribution in [1.82, 2.24) is 5.32 Å². The van der Waals surface area contributed by atoms with Crippen LogP contribution in [0.2, 0.25) is 0 Å². The van der Waals surface area contributed by atoms with E-state index < -0.39 is 17.8 Å². The van der Waals surface area contributed by atoms with Gasteiger partial charge >= 0.3 is 0 Å². The molecule has 0 fully saturated rings. The van der Waals surface area contributed by atoms with E-state index >= 15 is 0 Å². The maximum absolute atomic E-state index is 13.0. The highest BCUT2D eigenvalue weighted by molar-refractivity contribution is 5.99. The Labute approximate surface area is 155 Å². The summed E-state index contributed by atoms with van der Waals surface area (Å²) in [6.45, 7) is 0. The zero-order chi connectivity index (χ0) is 19.4. The molecule has 7 heteroatoms. The minimum Gasteiger partial charge on any atom is -0.368 e. The minimum atomic E-state index is -0.991. The van der Waals surface area contributed by atoms with E-state index in [9.17, 15) is 18.8 Å². The summed E-state index contributed by atoms with van der Waals surface area (Å²) in [6, 6.07) is 10.0. The van der Waals surface area contributed by atoms with Gasteiger partial charge in [-0.15, -0.1) is 0 Å². The van der Waals surface area contributed by atoms with E-state index in [-0.39, 0.29) is 18.2 Å². The predicted molar refractivity (Wildman–Crippen MR) is 98.2 cm³/mol. The maximum Gasteiger partial charge on any atom is 0.244 e. The molecule has 3 rings (SSSR count). The van der Waals surface area contributed by atoms with E-state index in [1.165, 1.54) is 24.3 Å². The topological polar surface area (TPSA) is 101 Å². The lowest BCUT2D eigenvalue weighted by Gasteiger charge is -2.16. The normalized spacial score (nSPS) is 13.6. The van der Waals surface area contributed by atoms with Crippen LogP contribution in [0, 0.1) is 5.82 Å². The number of halogens is 1. The van der Waals surface area contributed by atoms with Gasteiger partial charge in [0.25, 0.3) is 0 Å². The SMILES string of the molecule is NC(=O)C(NC(=O)CCCc1ccc2c(c1)CC(=O)N2)c1ccc(F)cc1. The van der Waals surface area contributed by atoms with Gasteiger partial charge in [0.1, 0.15) is 11.9 Å². The van der Waals surface area contributed by atoms with Crippen LogP contribution >= 0.6 is 0 Å². The number of amides is 3.